The fourth-order valence-electron chi connectivity index (χ4n) is 5.52. The third-order valence-electron chi connectivity index (χ3n) is 7.34. The number of fused-ring (bicyclic) bond motifs is 1. The van der Waals surface area contributed by atoms with E-state index in [1.807, 2.05) is 49.4 Å². The number of rotatable bonds is 10. The van der Waals surface area contributed by atoms with E-state index in [0.717, 1.165) is 29.7 Å². The monoisotopic (exact) mass is 519 g/mol. The van der Waals surface area contributed by atoms with Gasteiger partial charge in [-0.25, -0.2) is 4.79 Å². The lowest BCUT2D eigenvalue weighted by molar-refractivity contribution is -0.139. The lowest BCUT2D eigenvalue weighted by Crippen LogP contribution is -2.41. The Kier molecular flexibility index (Phi) is 8.87. The second kappa shape index (κ2) is 12.3. The van der Waals surface area contributed by atoms with Gasteiger partial charge in [0, 0.05) is 29.3 Å². The molecule has 1 fully saturated rings. The van der Waals surface area contributed by atoms with Gasteiger partial charge in [-0.15, -0.1) is 0 Å². The SMILES string of the molecule is CCCCOc1ccccc1[C@@H]1C(C(=O)OCC)=C(C)N=C2C[C@@H](c3ccc(OC)c(OC)c3)CC(=O)C21. The number of unbranched alkanes of at least 4 members (excludes halogenated alkanes) is 1. The summed E-state index contributed by atoms with van der Waals surface area (Å²) < 4.78 is 22.5. The minimum Gasteiger partial charge on any atom is -0.493 e. The maximum atomic E-state index is 13.9. The number of hydrogen-bond donors (Lipinski definition) is 0. The van der Waals surface area contributed by atoms with Crippen LogP contribution in [0.2, 0.25) is 0 Å². The van der Waals surface area contributed by atoms with Crippen molar-refractivity contribution in [1.82, 2.24) is 0 Å². The molecule has 38 heavy (non-hydrogen) atoms. The van der Waals surface area contributed by atoms with E-state index < -0.39 is 17.8 Å². The van der Waals surface area contributed by atoms with Crippen molar-refractivity contribution in [2.45, 2.75) is 58.3 Å². The fourth-order valence-corrected chi connectivity index (χ4v) is 5.52. The quantitative estimate of drug-likeness (QED) is 0.282. The zero-order valence-corrected chi connectivity index (χ0v) is 22.9. The number of benzene rings is 2. The molecule has 7 heteroatoms. The third-order valence-corrected chi connectivity index (χ3v) is 7.34. The van der Waals surface area contributed by atoms with Crippen LogP contribution in [0.1, 0.15) is 69.4 Å². The van der Waals surface area contributed by atoms with Crippen LogP contribution >= 0.6 is 0 Å². The van der Waals surface area contributed by atoms with Crippen molar-refractivity contribution in [3.63, 3.8) is 0 Å². The Morgan fingerprint density at radius 2 is 1.74 bits per heavy atom. The van der Waals surface area contributed by atoms with Crippen LogP contribution in [0.15, 0.2) is 58.7 Å². The minimum absolute atomic E-state index is 0.0500. The van der Waals surface area contributed by atoms with E-state index in [-0.39, 0.29) is 18.3 Å². The number of carbonyl (C=O) groups excluding carboxylic acids is 2. The van der Waals surface area contributed by atoms with Gasteiger partial charge in [-0.3, -0.25) is 9.79 Å². The summed E-state index contributed by atoms with van der Waals surface area (Å²) in [6, 6.07) is 13.5. The molecule has 0 amide bonds. The second-order valence-corrected chi connectivity index (χ2v) is 9.70. The predicted octanol–water partition coefficient (Wildman–Crippen LogP) is 6.02. The molecule has 7 nitrogen and oxygen atoms in total. The Labute approximate surface area is 224 Å². The molecule has 4 rings (SSSR count). The van der Waals surface area contributed by atoms with E-state index in [9.17, 15) is 9.59 Å². The molecular weight excluding hydrogens is 482 g/mol. The third kappa shape index (κ3) is 5.47. The molecule has 1 aliphatic heterocycles. The molecule has 0 spiro atoms. The summed E-state index contributed by atoms with van der Waals surface area (Å²) in [5.41, 5.74) is 3.63. The molecule has 3 atom stereocenters. The maximum Gasteiger partial charge on any atom is 0.336 e. The van der Waals surface area contributed by atoms with Crippen molar-refractivity contribution in [1.29, 1.82) is 0 Å². The number of allylic oxidation sites excluding steroid dienone is 1. The second-order valence-electron chi connectivity index (χ2n) is 9.70. The molecule has 2 aliphatic rings. The summed E-state index contributed by atoms with van der Waals surface area (Å²) in [7, 11) is 3.20. The van der Waals surface area contributed by atoms with Crippen molar-refractivity contribution in [3.05, 3.63) is 64.9 Å². The van der Waals surface area contributed by atoms with Gasteiger partial charge < -0.3 is 18.9 Å². The number of Topliss-reactive ketones (excluding diaryl/α,β-unsaturated/α-hetero) is 1. The van der Waals surface area contributed by atoms with E-state index in [4.69, 9.17) is 23.9 Å². The summed E-state index contributed by atoms with van der Waals surface area (Å²) in [5, 5.41) is 0. The molecule has 202 valence electrons. The highest BCUT2D eigenvalue weighted by Crippen LogP contribution is 2.48. The zero-order chi connectivity index (χ0) is 27.2. The first kappa shape index (κ1) is 27.4. The number of para-hydroxylation sites is 1. The molecule has 2 aromatic rings. The van der Waals surface area contributed by atoms with E-state index in [1.54, 1.807) is 21.1 Å². The van der Waals surface area contributed by atoms with Crippen LogP contribution in [-0.4, -0.2) is 44.9 Å². The summed E-state index contributed by atoms with van der Waals surface area (Å²) in [4.78, 5) is 32.0. The Hall–Kier alpha value is -3.61. The minimum atomic E-state index is -0.551. The van der Waals surface area contributed by atoms with Gasteiger partial charge in [-0.05, 0) is 56.4 Å². The average Bonchev–Trinajstić information content (AvgIpc) is 2.92. The topological polar surface area (TPSA) is 83.4 Å². The number of hydrogen-bond acceptors (Lipinski definition) is 7. The van der Waals surface area contributed by atoms with E-state index in [2.05, 4.69) is 6.92 Å². The summed E-state index contributed by atoms with van der Waals surface area (Å²) in [6.07, 6.45) is 2.87. The molecular formula is C31H37NO6. The van der Waals surface area contributed by atoms with Gasteiger partial charge in [0.25, 0.3) is 0 Å². The standard InChI is InChI=1S/C31H37NO6/c1-6-8-15-38-25-12-10-9-11-22(25)29-28(31(34)37-7-2)19(3)32-23-16-21(17-24(33)30(23)29)20-13-14-26(35-4)27(18-20)36-5/h9-14,18,21,29-30H,6-8,15-17H2,1-5H3/t21-,29-,30?/m1/s1. The van der Waals surface area contributed by atoms with Gasteiger partial charge in [0.15, 0.2) is 11.5 Å². The van der Waals surface area contributed by atoms with Crippen LogP contribution in [0.25, 0.3) is 0 Å². The van der Waals surface area contributed by atoms with Crippen LogP contribution in [0.4, 0.5) is 0 Å². The molecule has 0 aromatic heterocycles. The van der Waals surface area contributed by atoms with Crippen LogP contribution in [0.5, 0.6) is 17.2 Å². The largest absolute Gasteiger partial charge is 0.493 e. The number of ketones is 1. The normalized spacial score (nSPS) is 20.9. The zero-order valence-electron chi connectivity index (χ0n) is 22.9. The Bertz CT molecular complexity index is 1250. The Balaban J connectivity index is 1.77. The van der Waals surface area contributed by atoms with E-state index in [0.29, 0.717) is 48.0 Å². The summed E-state index contributed by atoms with van der Waals surface area (Å²) in [5.74, 6) is 0.463. The van der Waals surface area contributed by atoms with Crippen molar-refractivity contribution in [3.8, 4) is 17.2 Å². The molecule has 0 N–H and O–H groups in total. The first-order valence-electron chi connectivity index (χ1n) is 13.3. The number of nitrogens with zero attached hydrogens (tertiary/aromatic N) is 1. The number of carbonyl (C=O) groups is 2. The number of aliphatic imine (C=N–C) groups is 1. The summed E-state index contributed by atoms with van der Waals surface area (Å²) >= 11 is 0. The maximum absolute atomic E-state index is 13.9. The molecule has 1 heterocycles. The average molecular weight is 520 g/mol. The molecule has 1 aliphatic carbocycles. The van der Waals surface area contributed by atoms with Crippen LogP contribution in [-0.2, 0) is 14.3 Å². The highest BCUT2D eigenvalue weighted by Gasteiger charge is 2.47. The molecule has 0 bridgehead atoms. The fraction of sp³-hybridized carbons (Fsp3) is 0.452. The van der Waals surface area contributed by atoms with Crippen molar-refractivity contribution in [2.24, 2.45) is 10.9 Å². The van der Waals surface area contributed by atoms with E-state index in [1.165, 1.54) is 0 Å². The van der Waals surface area contributed by atoms with Gasteiger partial charge in [0.1, 0.15) is 11.5 Å². The van der Waals surface area contributed by atoms with Crippen molar-refractivity contribution < 1.29 is 28.5 Å². The lowest BCUT2D eigenvalue weighted by Gasteiger charge is -2.38. The lowest BCUT2D eigenvalue weighted by atomic mass is 9.66. The number of ether oxygens (including phenoxy) is 4. The number of methoxy groups -OCH3 is 2. The molecule has 2 aromatic carbocycles. The summed E-state index contributed by atoms with van der Waals surface area (Å²) in [6.45, 7) is 6.53. The van der Waals surface area contributed by atoms with Gasteiger partial charge >= 0.3 is 5.97 Å². The number of esters is 1. The predicted molar refractivity (Wildman–Crippen MR) is 146 cm³/mol. The van der Waals surface area contributed by atoms with Gasteiger partial charge in [0.2, 0.25) is 0 Å². The van der Waals surface area contributed by atoms with Gasteiger partial charge in [-0.1, -0.05) is 37.6 Å². The Morgan fingerprint density at radius 3 is 2.45 bits per heavy atom. The molecule has 0 radical (unpaired) electrons. The highest BCUT2D eigenvalue weighted by molar-refractivity contribution is 6.12. The Morgan fingerprint density at radius 1 is 0.974 bits per heavy atom. The van der Waals surface area contributed by atoms with Crippen LogP contribution in [0.3, 0.4) is 0 Å². The van der Waals surface area contributed by atoms with Crippen molar-refractivity contribution >= 4 is 17.5 Å². The molecule has 1 saturated carbocycles. The highest BCUT2D eigenvalue weighted by atomic mass is 16.5. The van der Waals surface area contributed by atoms with Crippen LogP contribution in [0, 0.1) is 5.92 Å². The first-order valence-corrected chi connectivity index (χ1v) is 13.3. The van der Waals surface area contributed by atoms with Crippen molar-refractivity contribution in [2.75, 3.05) is 27.4 Å². The first-order chi connectivity index (χ1) is 18.4. The van der Waals surface area contributed by atoms with Gasteiger partial charge in [0.05, 0.1) is 38.9 Å². The molecule has 1 unspecified atom stereocenters. The van der Waals surface area contributed by atoms with Crippen LogP contribution < -0.4 is 14.2 Å². The molecule has 0 saturated heterocycles. The smallest absolute Gasteiger partial charge is 0.336 e. The van der Waals surface area contributed by atoms with Gasteiger partial charge in [-0.2, -0.15) is 0 Å². The van der Waals surface area contributed by atoms with E-state index >= 15 is 0 Å².